The van der Waals surface area contributed by atoms with Gasteiger partial charge in [0.2, 0.25) is 0 Å². The molecule has 3 heterocycles. The van der Waals surface area contributed by atoms with Gasteiger partial charge in [0.1, 0.15) is 5.82 Å². The molecule has 7 heteroatoms. The molecule has 2 aromatic rings. The van der Waals surface area contributed by atoms with Crippen LogP contribution in [0.3, 0.4) is 0 Å². The molecule has 0 aliphatic carbocycles. The number of rotatable bonds is 6. The van der Waals surface area contributed by atoms with Gasteiger partial charge in [0, 0.05) is 38.6 Å². The van der Waals surface area contributed by atoms with E-state index >= 15 is 0 Å². The predicted molar refractivity (Wildman–Crippen MR) is 112 cm³/mol. The van der Waals surface area contributed by atoms with Crippen molar-refractivity contribution in [2.24, 2.45) is 5.92 Å². The van der Waals surface area contributed by atoms with Gasteiger partial charge in [-0.1, -0.05) is 44.2 Å². The molecule has 2 aliphatic heterocycles. The van der Waals surface area contributed by atoms with Crippen LogP contribution in [0, 0.1) is 5.92 Å². The van der Waals surface area contributed by atoms with Crippen LogP contribution in [0.1, 0.15) is 56.4 Å². The summed E-state index contributed by atoms with van der Waals surface area (Å²) >= 11 is 0. The van der Waals surface area contributed by atoms with Crippen molar-refractivity contribution in [1.82, 2.24) is 30.3 Å². The third-order valence-corrected chi connectivity index (χ3v) is 6.04. The van der Waals surface area contributed by atoms with Gasteiger partial charge in [0.15, 0.2) is 5.82 Å². The summed E-state index contributed by atoms with van der Waals surface area (Å²) in [5, 5.41) is 15.0. The van der Waals surface area contributed by atoms with E-state index in [0.717, 1.165) is 63.5 Å². The molecule has 4 rings (SSSR count). The molecule has 1 unspecified atom stereocenters. The van der Waals surface area contributed by atoms with Gasteiger partial charge < -0.3 is 15.2 Å². The van der Waals surface area contributed by atoms with E-state index in [4.69, 9.17) is 0 Å². The Hall–Kier alpha value is -2.41. The van der Waals surface area contributed by atoms with E-state index < -0.39 is 0 Å². The first kappa shape index (κ1) is 19.9. The van der Waals surface area contributed by atoms with Crippen molar-refractivity contribution < 1.29 is 4.79 Å². The van der Waals surface area contributed by atoms with Gasteiger partial charge in [-0.2, -0.15) is 0 Å². The van der Waals surface area contributed by atoms with Gasteiger partial charge in [-0.3, -0.25) is 4.90 Å². The molecule has 0 bridgehead atoms. The fourth-order valence-corrected chi connectivity index (χ4v) is 4.38. The molecule has 0 spiro atoms. The number of carbonyl (C=O) groups excluding carboxylic acids is 1. The molecule has 1 atom stereocenters. The highest BCUT2D eigenvalue weighted by atomic mass is 16.2. The minimum atomic E-state index is -0.118. The second kappa shape index (κ2) is 8.95. The summed E-state index contributed by atoms with van der Waals surface area (Å²) in [6, 6.07) is 10.6. The number of nitrogens with one attached hydrogen (secondary N) is 2. The average Bonchev–Trinajstić information content (AvgIpc) is 3.32. The largest absolute Gasteiger partial charge is 0.335 e. The SMILES string of the molecule is CC(C)C(NC(=O)NC1CCN(Cc2ccccc2)CC1)c1nnc2n1CCC2. The van der Waals surface area contributed by atoms with Crippen LogP contribution in [0.5, 0.6) is 0 Å². The molecular weight excluding hydrogens is 364 g/mol. The molecule has 2 aliphatic rings. The number of carbonyl (C=O) groups is 1. The monoisotopic (exact) mass is 396 g/mol. The highest BCUT2D eigenvalue weighted by molar-refractivity contribution is 5.74. The zero-order chi connectivity index (χ0) is 20.2. The maximum atomic E-state index is 12.7. The first-order valence-electron chi connectivity index (χ1n) is 10.9. The Labute approximate surface area is 172 Å². The summed E-state index contributed by atoms with van der Waals surface area (Å²) in [4.78, 5) is 15.2. The molecule has 0 saturated carbocycles. The highest BCUT2D eigenvalue weighted by Gasteiger charge is 2.28. The zero-order valence-electron chi connectivity index (χ0n) is 17.5. The Morgan fingerprint density at radius 2 is 1.90 bits per heavy atom. The number of aryl methyl sites for hydroxylation is 1. The number of benzene rings is 1. The van der Waals surface area contributed by atoms with Crippen molar-refractivity contribution in [3.05, 3.63) is 47.5 Å². The highest BCUT2D eigenvalue weighted by Crippen LogP contribution is 2.24. The molecule has 0 radical (unpaired) electrons. The summed E-state index contributed by atoms with van der Waals surface area (Å²) in [6.45, 7) is 8.17. The maximum absolute atomic E-state index is 12.7. The fourth-order valence-electron chi connectivity index (χ4n) is 4.38. The Bertz CT molecular complexity index is 810. The average molecular weight is 397 g/mol. The molecule has 7 nitrogen and oxygen atoms in total. The Kier molecular flexibility index (Phi) is 6.13. The van der Waals surface area contributed by atoms with Gasteiger partial charge in [0.25, 0.3) is 0 Å². The van der Waals surface area contributed by atoms with Gasteiger partial charge in [-0.15, -0.1) is 10.2 Å². The topological polar surface area (TPSA) is 75.1 Å². The molecule has 1 saturated heterocycles. The number of hydrogen-bond acceptors (Lipinski definition) is 4. The Morgan fingerprint density at radius 3 is 2.62 bits per heavy atom. The summed E-state index contributed by atoms with van der Waals surface area (Å²) in [6.07, 6.45) is 4.04. The summed E-state index contributed by atoms with van der Waals surface area (Å²) < 4.78 is 2.17. The van der Waals surface area contributed by atoms with Gasteiger partial charge in [-0.05, 0) is 30.7 Å². The molecule has 1 aromatic carbocycles. The maximum Gasteiger partial charge on any atom is 0.315 e. The van der Waals surface area contributed by atoms with Crippen molar-refractivity contribution in [1.29, 1.82) is 0 Å². The third kappa shape index (κ3) is 4.78. The van der Waals surface area contributed by atoms with Crippen molar-refractivity contribution in [2.75, 3.05) is 13.1 Å². The van der Waals surface area contributed by atoms with Crippen LogP contribution in [0.15, 0.2) is 30.3 Å². The second-order valence-electron chi connectivity index (χ2n) is 8.61. The lowest BCUT2D eigenvalue weighted by Crippen LogP contribution is -2.49. The van der Waals surface area contributed by atoms with Crippen LogP contribution in [-0.4, -0.2) is 44.8 Å². The predicted octanol–water partition coefficient (Wildman–Crippen LogP) is 2.89. The van der Waals surface area contributed by atoms with Gasteiger partial charge in [-0.25, -0.2) is 4.79 Å². The Morgan fingerprint density at radius 1 is 1.14 bits per heavy atom. The zero-order valence-corrected chi connectivity index (χ0v) is 17.5. The third-order valence-electron chi connectivity index (χ3n) is 6.04. The number of piperidine rings is 1. The van der Waals surface area contributed by atoms with E-state index in [1.54, 1.807) is 0 Å². The van der Waals surface area contributed by atoms with E-state index in [9.17, 15) is 4.79 Å². The first-order valence-corrected chi connectivity index (χ1v) is 10.9. The summed E-state index contributed by atoms with van der Waals surface area (Å²) in [5.74, 6) is 2.18. The van der Waals surface area contributed by atoms with E-state index in [1.807, 2.05) is 0 Å². The number of nitrogens with zero attached hydrogens (tertiary/aromatic N) is 4. The molecule has 2 N–H and O–H groups in total. The quantitative estimate of drug-likeness (QED) is 0.787. The number of amides is 2. The summed E-state index contributed by atoms with van der Waals surface area (Å²) in [7, 11) is 0. The fraction of sp³-hybridized carbons (Fsp3) is 0.591. The molecule has 1 fully saturated rings. The lowest BCUT2D eigenvalue weighted by molar-refractivity contribution is 0.184. The number of likely N-dealkylation sites (tertiary alicyclic amines) is 1. The lowest BCUT2D eigenvalue weighted by Gasteiger charge is -2.33. The minimum absolute atomic E-state index is 0.0967. The van der Waals surface area contributed by atoms with Gasteiger partial charge in [0.05, 0.1) is 6.04 Å². The van der Waals surface area contributed by atoms with E-state index in [2.05, 4.69) is 74.5 Å². The smallest absolute Gasteiger partial charge is 0.315 e. The van der Waals surface area contributed by atoms with Crippen LogP contribution in [0.25, 0.3) is 0 Å². The van der Waals surface area contributed by atoms with E-state index in [1.165, 1.54) is 5.56 Å². The van der Waals surface area contributed by atoms with Crippen LogP contribution in [-0.2, 0) is 19.5 Å². The van der Waals surface area contributed by atoms with Gasteiger partial charge >= 0.3 is 6.03 Å². The molecule has 156 valence electrons. The molecule has 2 amide bonds. The van der Waals surface area contributed by atoms with Crippen LogP contribution >= 0.6 is 0 Å². The minimum Gasteiger partial charge on any atom is -0.335 e. The van der Waals surface area contributed by atoms with Crippen molar-refractivity contribution in [3.8, 4) is 0 Å². The molecular formula is C22H32N6O. The van der Waals surface area contributed by atoms with Crippen molar-refractivity contribution in [2.45, 2.75) is 64.7 Å². The van der Waals surface area contributed by atoms with Crippen LogP contribution < -0.4 is 10.6 Å². The second-order valence-corrected chi connectivity index (χ2v) is 8.61. The summed E-state index contributed by atoms with van der Waals surface area (Å²) in [5.41, 5.74) is 1.34. The number of fused-ring (bicyclic) bond motifs is 1. The van der Waals surface area contributed by atoms with E-state index in [-0.39, 0.29) is 24.0 Å². The van der Waals surface area contributed by atoms with Crippen molar-refractivity contribution >= 4 is 6.03 Å². The first-order chi connectivity index (χ1) is 14.1. The number of hydrogen-bond donors (Lipinski definition) is 2. The lowest BCUT2D eigenvalue weighted by atomic mass is 10.0. The Balaban J connectivity index is 1.28. The van der Waals surface area contributed by atoms with Crippen molar-refractivity contribution in [3.63, 3.8) is 0 Å². The van der Waals surface area contributed by atoms with Crippen LogP contribution in [0.2, 0.25) is 0 Å². The number of aromatic nitrogens is 3. The number of urea groups is 1. The molecule has 29 heavy (non-hydrogen) atoms. The standard InChI is InChI=1S/C22H32N6O/c1-16(2)20(21-26-25-19-9-6-12-28(19)21)24-22(29)23-18-10-13-27(14-11-18)15-17-7-4-3-5-8-17/h3-5,7-8,16,18,20H,6,9-15H2,1-2H3,(H2,23,24,29). The molecule has 1 aromatic heterocycles. The van der Waals surface area contributed by atoms with Crippen LogP contribution in [0.4, 0.5) is 4.79 Å². The van der Waals surface area contributed by atoms with E-state index in [0.29, 0.717) is 0 Å². The normalized spacial score (nSPS) is 18.6.